The van der Waals surface area contributed by atoms with Gasteiger partial charge in [0.1, 0.15) is 12.6 Å². The van der Waals surface area contributed by atoms with Crippen molar-refractivity contribution in [2.75, 3.05) is 25.6 Å². The van der Waals surface area contributed by atoms with Crippen LogP contribution in [0.4, 0.5) is 4.79 Å². The second kappa shape index (κ2) is 20.6. The Bertz CT molecular complexity index is 475. The molecule has 0 bridgehead atoms. The van der Waals surface area contributed by atoms with Crippen LogP contribution < -0.4 is 0 Å². The van der Waals surface area contributed by atoms with Gasteiger partial charge >= 0.3 is 12.1 Å². The van der Waals surface area contributed by atoms with Gasteiger partial charge in [-0.25, -0.2) is 9.59 Å². The second-order valence-electron chi connectivity index (χ2n) is 9.13. The fourth-order valence-electron chi connectivity index (χ4n) is 4.36. The van der Waals surface area contributed by atoms with Crippen LogP contribution in [0.15, 0.2) is 0 Å². The SMILES string of the molecule is CCCCCCCCCCCCCCCCCCOC(=O)C1CCCN1C(=O)OCCCl. The molecule has 1 amide bonds. The van der Waals surface area contributed by atoms with Crippen molar-refractivity contribution in [3.05, 3.63) is 0 Å². The maximum absolute atomic E-state index is 12.3. The molecule has 1 fully saturated rings. The first-order chi connectivity index (χ1) is 15.7. The van der Waals surface area contributed by atoms with Crippen LogP contribution in [0.5, 0.6) is 0 Å². The summed E-state index contributed by atoms with van der Waals surface area (Å²) in [6.07, 6.45) is 22.1. The van der Waals surface area contributed by atoms with Crippen LogP contribution in [0, 0.1) is 0 Å². The van der Waals surface area contributed by atoms with Crippen LogP contribution in [0.2, 0.25) is 0 Å². The number of carbonyl (C=O) groups is 2. The zero-order valence-corrected chi connectivity index (χ0v) is 21.3. The normalized spacial score (nSPS) is 15.8. The van der Waals surface area contributed by atoms with E-state index in [0.29, 0.717) is 19.6 Å². The molecule has 1 unspecified atom stereocenters. The molecule has 32 heavy (non-hydrogen) atoms. The number of hydrogen-bond donors (Lipinski definition) is 0. The lowest BCUT2D eigenvalue weighted by Crippen LogP contribution is -2.42. The van der Waals surface area contributed by atoms with Gasteiger partial charge in [-0.1, -0.05) is 103 Å². The monoisotopic (exact) mass is 473 g/mol. The first-order valence-electron chi connectivity index (χ1n) is 13.4. The molecule has 1 aliphatic heterocycles. The van der Waals surface area contributed by atoms with Crippen molar-refractivity contribution in [3.63, 3.8) is 0 Å². The Kier molecular flexibility index (Phi) is 18.7. The van der Waals surface area contributed by atoms with Crippen molar-refractivity contribution < 1.29 is 19.1 Å². The molecule has 0 aliphatic carbocycles. The van der Waals surface area contributed by atoms with Crippen molar-refractivity contribution >= 4 is 23.7 Å². The minimum atomic E-state index is -0.501. The van der Waals surface area contributed by atoms with E-state index in [1.54, 1.807) is 0 Å². The molecule has 0 aromatic carbocycles. The van der Waals surface area contributed by atoms with Gasteiger partial charge in [0.05, 0.1) is 12.5 Å². The number of carbonyl (C=O) groups excluding carboxylic acids is 2. The molecule has 1 rings (SSSR count). The Morgan fingerprint density at radius 3 is 1.75 bits per heavy atom. The van der Waals surface area contributed by atoms with Crippen LogP contribution in [0.1, 0.15) is 122 Å². The molecule has 5 nitrogen and oxygen atoms in total. The van der Waals surface area contributed by atoms with E-state index in [4.69, 9.17) is 21.1 Å². The molecule has 0 aromatic heterocycles. The smallest absolute Gasteiger partial charge is 0.410 e. The summed E-state index contributed by atoms with van der Waals surface area (Å²) in [5.74, 6) is -0.0419. The maximum Gasteiger partial charge on any atom is 0.410 e. The topological polar surface area (TPSA) is 55.8 Å². The summed E-state index contributed by atoms with van der Waals surface area (Å²) in [6.45, 7) is 3.42. The van der Waals surface area contributed by atoms with E-state index < -0.39 is 12.1 Å². The summed E-state index contributed by atoms with van der Waals surface area (Å²) < 4.78 is 10.5. The highest BCUT2D eigenvalue weighted by molar-refractivity contribution is 6.18. The van der Waals surface area contributed by atoms with Gasteiger partial charge in [-0.2, -0.15) is 0 Å². The average molecular weight is 474 g/mol. The minimum absolute atomic E-state index is 0.165. The van der Waals surface area contributed by atoms with Gasteiger partial charge in [-0.15, -0.1) is 11.6 Å². The highest BCUT2D eigenvalue weighted by Gasteiger charge is 2.36. The number of alkyl halides is 1. The van der Waals surface area contributed by atoms with Crippen molar-refractivity contribution in [2.24, 2.45) is 0 Å². The van der Waals surface area contributed by atoms with Crippen molar-refractivity contribution in [1.29, 1.82) is 0 Å². The van der Waals surface area contributed by atoms with E-state index >= 15 is 0 Å². The molecule has 1 heterocycles. The number of esters is 1. The molecule has 6 heteroatoms. The van der Waals surface area contributed by atoms with Crippen LogP contribution in [-0.4, -0.2) is 48.6 Å². The summed E-state index contributed by atoms with van der Waals surface area (Å²) in [6, 6.07) is -0.501. The Morgan fingerprint density at radius 1 is 0.750 bits per heavy atom. The largest absolute Gasteiger partial charge is 0.464 e. The number of nitrogens with zero attached hydrogens (tertiary/aromatic N) is 1. The summed E-state index contributed by atoms with van der Waals surface area (Å²) in [5, 5.41) is 0. The molecule has 1 saturated heterocycles. The fraction of sp³-hybridized carbons (Fsp3) is 0.923. The molecular formula is C26H48ClNO4. The quantitative estimate of drug-likeness (QED) is 0.103. The average Bonchev–Trinajstić information content (AvgIpc) is 3.29. The van der Waals surface area contributed by atoms with Crippen molar-refractivity contribution in [1.82, 2.24) is 4.90 Å². The predicted octanol–water partition coefficient (Wildman–Crippen LogP) is 7.63. The number of unbranched alkanes of at least 4 members (excludes halogenated alkanes) is 15. The van der Waals surface area contributed by atoms with Gasteiger partial charge in [-0.05, 0) is 19.3 Å². The number of hydrogen-bond acceptors (Lipinski definition) is 4. The number of rotatable bonds is 20. The Hall–Kier alpha value is -0.970. The molecule has 1 aliphatic rings. The van der Waals surface area contributed by atoms with Crippen LogP contribution in [-0.2, 0) is 14.3 Å². The first-order valence-corrected chi connectivity index (χ1v) is 13.9. The molecule has 0 aromatic rings. The van der Waals surface area contributed by atoms with Gasteiger partial charge < -0.3 is 9.47 Å². The second-order valence-corrected chi connectivity index (χ2v) is 9.50. The van der Waals surface area contributed by atoms with E-state index in [9.17, 15) is 9.59 Å². The molecule has 0 radical (unpaired) electrons. The van der Waals surface area contributed by atoms with E-state index in [0.717, 1.165) is 19.3 Å². The van der Waals surface area contributed by atoms with E-state index in [1.807, 2.05) is 0 Å². The third-order valence-electron chi connectivity index (χ3n) is 6.30. The Balaban J connectivity index is 1.88. The summed E-state index contributed by atoms with van der Waals surface area (Å²) >= 11 is 5.55. The maximum atomic E-state index is 12.3. The fourth-order valence-corrected chi connectivity index (χ4v) is 4.44. The summed E-state index contributed by atoms with van der Waals surface area (Å²) in [5.41, 5.74) is 0. The standard InChI is InChI=1S/C26H48ClNO4/c1-2-3-4-5-6-7-8-9-10-11-12-13-14-15-16-17-22-31-25(29)24-19-18-21-28(24)26(30)32-23-20-27/h24H,2-23H2,1H3. The zero-order chi connectivity index (χ0) is 23.3. The lowest BCUT2D eigenvalue weighted by molar-refractivity contribution is -0.148. The molecule has 0 N–H and O–H groups in total. The lowest BCUT2D eigenvalue weighted by Gasteiger charge is -2.22. The minimum Gasteiger partial charge on any atom is -0.464 e. The lowest BCUT2D eigenvalue weighted by atomic mass is 10.0. The molecule has 188 valence electrons. The van der Waals surface area contributed by atoms with E-state index in [2.05, 4.69) is 6.92 Å². The highest BCUT2D eigenvalue weighted by atomic mass is 35.5. The van der Waals surface area contributed by atoms with E-state index in [1.165, 1.54) is 94.8 Å². The third kappa shape index (κ3) is 14.2. The Morgan fingerprint density at radius 2 is 1.25 bits per heavy atom. The van der Waals surface area contributed by atoms with Gasteiger partial charge in [-0.3, -0.25) is 4.90 Å². The molecule has 0 spiro atoms. The van der Waals surface area contributed by atoms with Crippen molar-refractivity contribution in [3.8, 4) is 0 Å². The predicted molar refractivity (Wildman–Crippen MR) is 132 cm³/mol. The van der Waals surface area contributed by atoms with Gasteiger partial charge in [0.25, 0.3) is 0 Å². The van der Waals surface area contributed by atoms with Crippen LogP contribution >= 0.6 is 11.6 Å². The molecular weight excluding hydrogens is 426 g/mol. The van der Waals surface area contributed by atoms with Crippen LogP contribution in [0.3, 0.4) is 0 Å². The molecule has 0 saturated carbocycles. The van der Waals surface area contributed by atoms with E-state index in [-0.39, 0.29) is 18.5 Å². The highest BCUT2D eigenvalue weighted by Crippen LogP contribution is 2.20. The number of likely N-dealkylation sites (tertiary alicyclic amines) is 1. The van der Waals surface area contributed by atoms with Crippen molar-refractivity contribution in [2.45, 2.75) is 129 Å². The summed E-state index contributed by atoms with van der Waals surface area (Å²) in [7, 11) is 0. The first kappa shape index (κ1) is 29.1. The zero-order valence-electron chi connectivity index (χ0n) is 20.6. The number of halogens is 1. The third-order valence-corrected chi connectivity index (χ3v) is 6.46. The van der Waals surface area contributed by atoms with Gasteiger partial charge in [0, 0.05) is 6.54 Å². The number of ether oxygens (including phenoxy) is 2. The Labute approximate surface area is 201 Å². The van der Waals surface area contributed by atoms with Gasteiger partial charge in [0.15, 0.2) is 0 Å². The van der Waals surface area contributed by atoms with Gasteiger partial charge in [0.2, 0.25) is 0 Å². The molecule has 1 atom stereocenters. The summed E-state index contributed by atoms with van der Waals surface area (Å²) in [4.78, 5) is 25.8. The number of amides is 1. The van der Waals surface area contributed by atoms with Crippen LogP contribution in [0.25, 0.3) is 0 Å².